The van der Waals surface area contributed by atoms with E-state index in [2.05, 4.69) is 5.10 Å². The van der Waals surface area contributed by atoms with Gasteiger partial charge in [0.25, 0.3) is 0 Å². The van der Waals surface area contributed by atoms with Crippen molar-refractivity contribution in [2.45, 2.75) is 77.2 Å². The number of ether oxygens (including phenoxy) is 3. The first-order valence-corrected chi connectivity index (χ1v) is 14.8. The molecule has 5 rings (SSSR count). The molecule has 2 atom stereocenters. The Morgan fingerprint density at radius 1 is 1.11 bits per heavy atom. The Hall–Kier alpha value is -4.35. The number of carbonyl (C=O) groups excluding carboxylic acids is 3. The first kappa shape index (κ1) is 31.1. The molecule has 0 spiro atoms. The molecule has 2 aromatic heterocycles. The molecule has 12 heteroatoms. The number of hydrogen-bond acceptors (Lipinski definition) is 7. The number of amides is 4. The summed E-state index contributed by atoms with van der Waals surface area (Å²) >= 11 is 0. The van der Waals surface area contributed by atoms with Gasteiger partial charge in [-0.15, -0.1) is 0 Å². The lowest BCUT2D eigenvalue weighted by Crippen LogP contribution is -2.52. The van der Waals surface area contributed by atoms with Gasteiger partial charge in [-0.3, -0.25) is 14.6 Å². The van der Waals surface area contributed by atoms with Crippen LogP contribution in [0, 0.1) is 0 Å². The third kappa shape index (κ3) is 6.44. The van der Waals surface area contributed by atoms with E-state index in [0.717, 1.165) is 5.56 Å². The lowest BCUT2D eigenvalue weighted by atomic mass is 9.84. The van der Waals surface area contributed by atoms with Crippen LogP contribution < -0.4 is 14.4 Å². The minimum Gasteiger partial charge on any atom is -0.497 e. The number of piperidine rings is 1. The number of fused-ring (bicyclic) bond motifs is 1. The third-order valence-corrected chi connectivity index (χ3v) is 8.13. The number of carbonyl (C=O) groups is 3. The highest BCUT2D eigenvalue weighted by atomic mass is 19.1. The number of benzene rings is 1. The highest BCUT2D eigenvalue weighted by molar-refractivity contribution is 6.07. The van der Waals surface area contributed by atoms with Crippen LogP contribution in [0.5, 0.6) is 11.5 Å². The maximum Gasteiger partial charge on any atom is 0.410 e. The Kier molecular flexibility index (Phi) is 8.46. The minimum absolute atomic E-state index is 0.0364. The molecule has 0 N–H and O–H groups in total. The average Bonchev–Trinajstić information content (AvgIpc) is 3.37. The summed E-state index contributed by atoms with van der Waals surface area (Å²) in [6, 6.07) is 8.10. The Morgan fingerprint density at radius 2 is 1.89 bits per heavy atom. The van der Waals surface area contributed by atoms with Crippen molar-refractivity contribution < 1.29 is 33.0 Å². The van der Waals surface area contributed by atoms with Crippen molar-refractivity contribution in [3.05, 3.63) is 53.9 Å². The van der Waals surface area contributed by atoms with Gasteiger partial charge in [0.2, 0.25) is 5.91 Å². The second-order valence-electron chi connectivity index (χ2n) is 12.5. The van der Waals surface area contributed by atoms with Crippen LogP contribution >= 0.6 is 0 Å². The smallest absolute Gasteiger partial charge is 0.410 e. The predicted molar refractivity (Wildman–Crippen MR) is 162 cm³/mol. The molecule has 0 radical (unpaired) electrons. The van der Waals surface area contributed by atoms with Crippen molar-refractivity contribution in [3.63, 3.8) is 0 Å². The molecule has 3 aromatic rings. The van der Waals surface area contributed by atoms with Gasteiger partial charge in [0, 0.05) is 56.2 Å². The van der Waals surface area contributed by atoms with Crippen LogP contribution in [0.1, 0.15) is 58.1 Å². The van der Waals surface area contributed by atoms with Gasteiger partial charge in [-0.05, 0) is 63.9 Å². The van der Waals surface area contributed by atoms with Crippen molar-refractivity contribution in [2.24, 2.45) is 0 Å². The molecule has 0 aliphatic carbocycles. The Bertz CT molecular complexity index is 1570. The van der Waals surface area contributed by atoms with Gasteiger partial charge in [0.05, 0.1) is 38.2 Å². The number of likely N-dealkylation sites (tertiary alicyclic amines) is 1. The first-order valence-electron chi connectivity index (χ1n) is 14.8. The maximum atomic E-state index is 16.2. The van der Waals surface area contributed by atoms with E-state index in [-0.39, 0.29) is 57.3 Å². The molecule has 1 unspecified atom stereocenters. The number of urea groups is 1. The van der Waals surface area contributed by atoms with Crippen LogP contribution in [0.3, 0.4) is 0 Å². The Balaban J connectivity index is 1.33. The zero-order chi connectivity index (χ0) is 31.8. The summed E-state index contributed by atoms with van der Waals surface area (Å²) in [5.41, 5.74) is 0.450. The van der Waals surface area contributed by atoms with Crippen LogP contribution in [0.2, 0.25) is 0 Å². The van der Waals surface area contributed by atoms with Gasteiger partial charge in [-0.1, -0.05) is 0 Å². The molecular formula is C32H40FN5O6. The maximum absolute atomic E-state index is 16.2. The van der Waals surface area contributed by atoms with Gasteiger partial charge in [0.15, 0.2) is 0 Å². The number of imide groups is 1. The normalized spacial score (nSPS) is 21.2. The topological polar surface area (TPSA) is 106 Å². The average molecular weight is 610 g/mol. The monoisotopic (exact) mass is 609 g/mol. The zero-order valence-electron chi connectivity index (χ0n) is 26.1. The highest BCUT2D eigenvalue weighted by Gasteiger charge is 2.41. The van der Waals surface area contributed by atoms with Crippen molar-refractivity contribution in [1.82, 2.24) is 19.4 Å². The van der Waals surface area contributed by atoms with Gasteiger partial charge in [-0.2, -0.15) is 5.10 Å². The number of methoxy groups -OCH3 is 2. The third-order valence-electron chi connectivity index (χ3n) is 8.13. The van der Waals surface area contributed by atoms with Crippen LogP contribution in [0.25, 0.3) is 5.52 Å². The molecule has 2 aliphatic rings. The molecule has 0 saturated carbocycles. The number of halogens is 1. The summed E-state index contributed by atoms with van der Waals surface area (Å²) < 4.78 is 34.1. The number of nitrogens with zero attached hydrogens (tertiary/aromatic N) is 5. The van der Waals surface area contributed by atoms with E-state index in [1.54, 1.807) is 47.1 Å². The number of hydrogen-bond donors (Lipinski definition) is 0. The SMILES string of the molecule is COc1ccc(CN2C(=O)CCN(c3cnn4ccc(CC5(F)CCN(C(=O)OC(C)(C)C)[C@@H](C)C5)cc34)C2=O)c(OC)c1. The zero-order valence-corrected chi connectivity index (χ0v) is 26.1. The second kappa shape index (κ2) is 12.0. The van der Waals surface area contributed by atoms with Gasteiger partial charge >= 0.3 is 12.1 Å². The quantitative estimate of drug-likeness (QED) is 0.354. The number of aromatic nitrogens is 2. The number of rotatable bonds is 7. The fraction of sp³-hybridized carbons (Fsp3) is 0.500. The fourth-order valence-corrected chi connectivity index (χ4v) is 5.95. The number of pyridine rings is 1. The molecular weight excluding hydrogens is 569 g/mol. The van der Waals surface area contributed by atoms with Crippen LogP contribution in [-0.4, -0.2) is 82.1 Å². The minimum atomic E-state index is -1.52. The van der Waals surface area contributed by atoms with Crippen molar-refractivity contribution in [1.29, 1.82) is 0 Å². The van der Waals surface area contributed by atoms with E-state index in [1.807, 2.05) is 39.8 Å². The lowest BCUT2D eigenvalue weighted by molar-refractivity contribution is -0.129. The number of anilines is 1. The summed E-state index contributed by atoms with van der Waals surface area (Å²) in [4.78, 5) is 43.6. The molecule has 1 aromatic carbocycles. The van der Waals surface area contributed by atoms with Crippen molar-refractivity contribution in [2.75, 3.05) is 32.2 Å². The molecule has 0 bridgehead atoms. The van der Waals surface area contributed by atoms with Gasteiger partial charge in [0.1, 0.15) is 22.8 Å². The number of alkyl halides is 1. The van der Waals surface area contributed by atoms with Gasteiger partial charge < -0.3 is 19.1 Å². The summed E-state index contributed by atoms with van der Waals surface area (Å²) in [7, 11) is 3.07. The van der Waals surface area contributed by atoms with Crippen molar-refractivity contribution >= 4 is 29.2 Å². The first-order chi connectivity index (χ1) is 20.8. The molecule has 4 amide bonds. The van der Waals surface area contributed by atoms with E-state index in [0.29, 0.717) is 28.3 Å². The molecule has 236 valence electrons. The van der Waals surface area contributed by atoms with E-state index in [1.165, 1.54) is 16.9 Å². The van der Waals surface area contributed by atoms with E-state index in [9.17, 15) is 14.4 Å². The van der Waals surface area contributed by atoms with E-state index in [4.69, 9.17) is 14.2 Å². The van der Waals surface area contributed by atoms with Crippen LogP contribution in [-0.2, 0) is 22.5 Å². The molecule has 4 heterocycles. The standard InChI is InChI=1S/C32H40FN5O6/c1-21-17-32(33,11-14-35(21)30(41)44-31(2,3)4)18-22-9-13-38-25(15-22)26(19-34-38)36-12-10-28(39)37(29(36)40)20-23-7-8-24(42-5)16-27(23)43-6/h7-9,13,15-16,19,21H,10-12,14,17-18,20H2,1-6H3/t21-,32?/m0/s1. The lowest BCUT2D eigenvalue weighted by Gasteiger charge is -2.41. The highest BCUT2D eigenvalue weighted by Crippen LogP contribution is 2.36. The van der Waals surface area contributed by atoms with Crippen LogP contribution in [0.15, 0.2) is 42.7 Å². The van der Waals surface area contributed by atoms with Crippen LogP contribution in [0.4, 0.5) is 19.7 Å². The molecule has 11 nitrogen and oxygen atoms in total. The van der Waals surface area contributed by atoms with E-state index < -0.39 is 23.4 Å². The summed E-state index contributed by atoms with van der Waals surface area (Å²) in [5.74, 6) is 0.824. The van der Waals surface area contributed by atoms with Gasteiger partial charge in [-0.25, -0.2) is 18.5 Å². The van der Waals surface area contributed by atoms with E-state index >= 15 is 4.39 Å². The van der Waals surface area contributed by atoms with Crippen molar-refractivity contribution in [3.8, 4) is 11.5 Å². The summed E-state index contributed by atoms with van der Waals surface area (Å²) in [6.45, 7) is 7.77. The second-order valence-corrected chi connectivity index (χ2v) is 12.5. The summed E-state index contributed by atoms with van der Waals surface area (Å²) in [6.07, 6.45) is 3.56. The molecule has 44 heavy (non-hydrogen) atoms. The predicted octanol–water partition coefficient (Wildman–Crippen LogP) is 5.38. The summed E-state index contributed by atoms with van der Waals surface area (Å²) in [5, 5.41) is 4.41. The molecule has 2 fully saturated rings. The molecule has 2 aliphatic heterocycles. The Morgan fingerprint density at radius 3 is 2.57 bits per heavy atom. The fourth-order valence-electron chi connectivity index (χ4n) is 5.95. The largest absolute Gasteiger partial charge is 0.497 e. The molecule has 2 saturated heterocycles. The Labute approximate surface area is 256 Å².